The van der Waals surface area contributed by atoms with Crippen LogP contribution in [0.25, 0.3) is 10.2 Å². The average molecular weight is 527 g/mol. The number of furan rings is 1. The van der Waals surface area contributed by atoms with Gasteiger partial charge in [-0.25, -0.2) is 17.8 Å². The van der Waals surface area contributed by atoms with Crippen molar-refractivity contribution in [2.24, 2.45) is 5.10 Å². The van der Waals surface area contributed by atoms with Gasteiger partial charge in [-0.05, 0) is 74.4 Å². The number of aromatic nitrogens is 1. The van der Waals surface area contributed by atoms with Crippen molar-refractivity contribution in [3.8, 4) is 0 Å². The average Bonchev–Trinajstić information content (AvgIpc) is 3.54. The Morgan fingerprint density at radius 2 is 2.03 bits per heavy atom. The van der Waals surface area contributed by atoms with Crippen molar-refractivity contribution in [2.75, 3.05) is 11.6 Å². The molecule has 1 aliphatic heterocycles. The zero-order chi connectivity index (χ0) is 25.3. The third-order valence-corrected chi connectivity index (χ3v) is 9.03. The third kappa shape index (κ3) is 4.81. The quantitative estimate of drug-likeness (QED) is 0.252. The van der Waals surface area contributed by atoms with E-state index in [4.69, 9.17) is 4.42 Å². The molecule has 186 valence electrons. The molecule has 1 amide bonds. The number of carbonyl (C=O) groups is 1. The van der Waals surface area contributed by atoms with E-state index in [9.17, 15) is 17.6 Å². The standard InChI is InChI=1S/C25H23FN4O4S2/c1-17-5-2-3-13-29(17)36(32,33)21-10-7-18(8-11-21)24(31)30(27-16-20-6-4-14-34-20)25-28-22-12-9-19(26)15-23(22)35-25/h4,6-12,14-17H,2-3,5,13H2,1H3/b27-16+. The number of hydrazone groups is 1. The summed E-state index contributed by atoms with van der Waals surface area (Å²) in [7, 11) is -3.67. The van der Waals surface area contributed by atoms with Gasteiger partial charge in [-0.3, -0.25) is 4.79 Å². The lowest BCUT2D eigenvalue weighted by atomic mass is 10.1. The van der Waals surface area contributed by atoms with Crippen molar-refractivity contribution >= 4 is 48.8 Å². The number of thiazole rings is 1. The minimum Gasteiger partial charge on any atom is -0.463 e. The minimum atomic E-state index is -3.67. The molecule has 0 N–H and O–H groups in total. The van der Waals surface area contributed by atoms with E-state index in [0.717, 1.165) is 35.6 Å². The van der Waals surface area contributed by atoms with E-state index in [1.807, 2.05) is 6.92 Å². The smallest absolute Gasteiger partial charge is 0.280 e. The van der Waals surface area contributed by atoms with E-state index in [-0.39, 0.29) is 21.6 Å². The van der Waals surface area contributed by atoms with E-state index in [1.165, 1.54) is 59.2 Å². The molecule has 1 aliphatic rings. The molecule has 1 atom stereocenters. The topological polar surface area (TPSA) is 96.1 Å². The zero-order valence-electron chi connectivity index (χ0n) is 19.4. The molecule has 2 aromatic heterocycles. The Labute approximate surface area is 211 Å². The molecule has 5 rings (SSSR count). The number of hydrogen-bond donors (Lipinski definition) is 0. The number of carbonyl (C=O) groups excluding carboxylic acids is 1. The number of nitrogens with zero attached hydrogens (tertiary/aromatic N) is 4. The number of piperidine rings is 1. The van der Waals surface area contributed by atoms with Gasteiger partial charge in [0.05, 0.1) is 27.6 Å². The summed E-state index contributed by atoms with van der Waals surface area (Å²) in [4.78, 5) is 18.0. The molecule has 3 heterocycles. The summed E-state index contributed by atoms with van der Waals surface area (Å²) < 4.78 is 47.4. The van der Waals surface area contributed by atoms with Crippen LogP contribution in [0.2, 0.25) is 0 Å². The molecular formula is C25H23FN4O4S2. The molecular weight excluding hydrogens is 503 g/mol. The van der Waals surface area contributed by atoms with Crippen LogP contribution in [0.1, 0.15) is 42.3 Å². The van der Waals surface area contributed by atoms with Gasteiger partial charge in [-0.2, -0.15) is 14.4 Å². The van der Waals surface area contributed by atoms with Crippen LogP contribution >= 0.6 is 11.3 Å². The number of amides is 1. The molecule has 36 heavy (non-hydrogen) atoms. The Bertz CT molecular complexity index is 1520. The molecule has 1 unspecified atom stereocenters. The minimum absolute atomic E-state index is 0.0691. The number of anilines is 1. The first-order chi connectivity index (χ1) is 17.3. The summed E-state index contributed by atoms with van der Waals surface area (Å²) in [5.74, 6) is -0.501. The number of fused-ring (bicyclic) bond motifs is 1. The molecule has 2 aromatic carbocycles. The number of benzene rings is 2. The van der Waals surface area contributed by atoms with Gasteiger partial charge in [0, 0.05) is 18.2 Å². The lowest BCUT2D eigenvalue weighted by Gasteiger charge is -2.32. The van der Waals surface area contributed by atoms with E-state index >= 15 is 0 Å². The second-order valence-electron chi connectivity index (χ2n) is 8.47. The summed E-state index contributed by atoms with van der Waals surface area (Å²) in [6.45, 7) is 2.39. The van der Waals surface area contributed by atoms with Gasteiger partial charge >= 0.3 is 0 Å². The molecule has 0 aliphatic carbocycles. The monoisotopic (exact) mass is 526 g/mol. The highest BCUT2D eigenvalue weighted by molar-refractivity contribution is 7.89. The van der Waals surface area contributed by atoms with Crippen molar-refractivity contribution in [1.82, 2.24) is 9.29 Å². The van der Waals surface area contributed by atoms with Gasteiger partial charge in [0.2, 0.25) is 15.2 Å². The Balaban J connectivity index is 1.47. The van der Waals surface area contributed by atoms with Crippen LogP contribution in [0.5, 0.6) is 0 Å². The lowest BCUT2D eigenvalue weighted by Crippen LogP contribution is -2.41. The maximum Gasteiger partial charge on any atom is 0.280 e. The van der Waals surface area contributed by atoms with E-state index in [1.54, 1.807) is 12.1 Å². The first-order valence-electron chi connectivity index (χ1n) is 11.4. The number of sulfonamides is 1. The molecule has 4 aromatic rings. The van der Waals surface area contributed by atoms with E-state index < -0.39 is 21.7 Å². The Morgan fingerprint density at radius 1 is 1.22 bits per heavy atom. The van der Waals surface area contributed by atoms with Gasteiger partial charge in [0.1, 0.15) is 11.6 Å². The molecule has 11 heteroatoms. The summed E-state index contributed by atoms with van der Waals surface area (Å²) in [5.41, 5.74) is 0.752. The largest absolute Gasteiger partial charge is 0.463 e. The fourth-order valence-electron chi connectivity index (χ4n) is 4.10. The predicted molar refractivity (Wildman–Crippen MR) is 136 cm³/mol. The van der Waals surface area contributed by atoms with Crippen molar-refractivity contribution < 1.29 is 22.0 Å². The summed E-state index contributed by atoms with van der Waals surface area (Å²) >= 11 is 1.11. The first-order valence-corrected chi connectivity index (χ1v) is 13.7. The van der Waals surface area contributed by atoms with Crippen LogP contribution in [-0.4, -0.2) is 42.4 Å². The highest BCUT2D eigenvalue weighted by Gasteiger charge is 2.31. The highest BCUT2D eigenvalue weighted by atomic mass is 32.2. The van der Waals surface area contributed by atoms with E-state index in [0.29, 0.717) is 22.5 Å². The van der Waals surface area contributed by atoms with Crippen LogP contribution < -0.4 is 5.01 Å². The third-order valence-electron chi connectivity index (χ3n) is 6.01. The van der Waals surface area contributed by atoms with Crippen molar-refractivity contribution in [2.45, 2.75) is 37.1 Å². The van der Waals surface area contributed by atoms with Crippen LogP contribution in [-0.2, 0) is 10.0 Å². The molecule has 8 nitrogen and oxygen atoms in total. The molecule has 0 saturated carbocycles. The normalized spacial score (nSPS) is 17.1. The fraction of sp³-hybridized carbons (Fsp3) is 0.240. The number of rotatable bonds is 6. The maximum absolute atomic E-state index is 13.7. The second kappa shape index (κ2) is 9.92. The second-order valence-corrected chi connectivity index (χ2v) is 11.4. The van der Waals surface area contributed by atoms with Crippen LogP contribution in [0.4, 0.5) is 9.52 Å². The molecule has 1 fully saturated rings. The molecule has 1 saturated heterocycles. The Morgan fingerprint density at radius 3 is 2.75 bits per heavy atom. The number of hydrogen-bond acceptors (Lipinski definition) is 7. The first kappa shape index (κ1) is 24.3. The van der Waals surface area contributed by atoms with Gasteiger partial charge in [-0.1, -0.05) is 17.8 Å². The fourth-order valence-corrected chi connectivity index (χ4v) is 6.75. The zero-order valence-corrected chi connectivity index (χ0v) is 21.0. The van der Waals surface area contributed by atoms with E-state index in [2.05, 4.69) is 10.1 Å². The Hall–Kier alpha value is -3.41. The highest BCUT2D eigenvalue weighted by Crippen LogP contribution is 2.31. The maximum atomic E-state index is 13.7. The summed E-state index contributed by atoms with van der Waals surface area (Å²) in [6, 6.07) is 13.3. The van der Waals surface area contributed by atoms with Crippen LogP contribution in [0.3, 0.4) is 0 Å². The van der Waals surface area contributed by atoms with Crippen LogP contribution in [0, 0.1) is 5.82 Å². The van der Waals surface area contributed by atoms with Gasteiger partial charge in [-0.15, -0.1) is 0 Å². The van der Waals surface area contributed by atoms with Gasteiger partial charge in [0.15, 0.2) is 0 Å². The summed E-state index contributed by atoms with van der Waals surface area (Å²) in [6.07, 6.45) is 5.52. The summed E-state index contributed by atoms with van der Waals surface area (Å²) in [5, 5.41) is 5.61. The van der Waals surface area contributed by atoms with Gasteiger partial charge in [0.25, 0.3) is 5.91 Å². The van der Waals surface area contributed by atoms with Crippen LogP contribution in [0.15, 0.2) is 75.3 Å². The number of halogens is 1. The molecule has 0 bridgehead atoms. The predicted octanol–water partition coefficient (Wildman–Crippen LogP) is 5.27. The van der Waals surface area contributed by atoms with Crippen molar-refractivity contribution in [3.05, 3.63) is 78.0 Å². The molecule has 0 radical (unpaired) electrons. The van der Waals surface area contributed by atoms with Crippen molar-refractivity contribution in [1.29, 1.82) is 0 Å². The van der Waals surface area contributed by atoms with Gasteiger partial charge < -0.3 is 4.42 Å². The molecule has 0 spiro atoms. The SMILES string of the molecule is CC1CCCCN1S(=O)(=O)c1ccc(C(=O)N(/N=C/c2ccco2)c2nc3ccc(F)cc3s2)cc1. The Kier molecular flexibility index (Phi) is 6.69. The lowest BCUT2D eigenvalue weighted by molar-refractivity contribution is 0.0987. The van der Waals surface area contributed by atoms with Crippen molar-refractivity contribution in [3.63, 3.8) is 0 Å².